The summed E-state index contributed by atoms with van der Waals surface area (Å²) < 4.78 is 0. The topological polar surface area (TPSA) is 40.5 Å². The minimum atomic E-state index is 0.0552. The van der Waals surface area contributed by atoms with Crippen LogP contribution in [0.5, 0.6) is 5.75 Å². The number of hydrogen-bond acceptors (Lipinski definition) is 2. The predicted molar refractivity (Wildman–Crippen MR) is 71.7 cm³/mol. The third-order valence-corrected chi connectivity index (χ3v) is 3.70. The van der Waals surface area contributed by atoms with Crippen molar-refractivity contribution in [3.63, 3.8) is 0 Å². The van der Waals surface area contributed by atoms with Gasteiger partial charge in [-0.3, -0.25) is 4.79 Å². The molecule has 1 aliphatic heterocycles. The van der Waals surface area contributed by atoms with Gasteiger partial charge in [0.2, 0.25) is 0 Å². The minimum Gasteiger partial charge on any atom is -0.508 e. The molecule has 1 aliphatic rings. The van der Waals surface area contributed by atoms with E-state index in [2.05, 4.69) is 6.92 Å². The molecule has 1 unspecified atom stereocenters. The van der Waals surface area contributed by atoms with Crippen LogP contribution < -0.4 is 0 Å². The summed E-state index contributed by atoms with van der Waals surface area (Å²) in [4.78, 5) is 14.5. The van der Waals surface area contributed by atoms with Crippen molar-refractivity contribution in [1.29, 1.82) is 0 Å². The summed E-state index contributed by atoms with van der Waals surface area (Å²) in [6, 6.07) is 7.00. The summed E-state index contributed by atoms with van der Waals surface area (Å²) in [5, 5.41) is 9.47. The second kappa shape index (κ2) is 5.89. The van der Waals surface area contributed by atoms with Gasteiger partial charge in [0, 0.05) is 18.2 Å². The van der Waals surface area contributed by atoms with Crippen molar-refractivity contribution in [2.75, 3.05) is 6.54 Å². The number of likely N-dealkylation sites (tertiary alicyclic amines) is 1. The second-order valence-electron chi connectivity index (χ2n) is 4.96. The van der Waals surface area contributed by atoms with Gasteiger partial charge in [0.05, 0.1) is 0 Å². The van der Waals surface area contributed by atoms with E-state index in [1.165, 1.54) is 12.8 Å². The molecule has 1 atom stereocenters. The molecule has 0 saturated carbocycles. The van der Waals surface area contributed by atoms with Gasteiger partial charge in [0.25, 0.3) is 5.91 Å². The normalized spacial score (nSPS) is 20.5. The molecule has 1 fully saturated rings. The molecule has 1 saturated heterocycles. The predicted octanol–water partition coefficient (Wildman–Crippen LogP) is 3.19. The number of phenolic OH excluding ortho intramolecular Hbond substituents is 1. The fourth-order valence-corrected chi connectivity index (χ4v) is 2.67. The molecule has 3 heteroatoms. The van der Waals surface area contributed by atoms with Crippen molar-refractivity contribution in [1.82, 2.24) is 4.90 Å². The highest BCUT2D eigenvalue weighted by atomic mass is 16.3. The van der Waals surface area contributed by atoms with Gasteiger partial charge in [-0.05, 0) is 37.5 Å². The number of rotatable bonds is 2. The Morgan fingerprint density at radius 3 is 2.94 bits per heavy atom. The van der Waals surface area contributed by atoms with Crippen LogP contribution in [-0.4, -0.2) is 28.5 Å². The number of phenols is 1. The Morgan fingerprint density at radius 2 is 2.22 bits per heavy atom. The first-order valence-corrected chi connectivity index (χ1v) is 6.82. The molecule has 1 aromatic rings. The van der Waals surface area contributed by atoms with Crippen LogP contribution in [0.4, 0.5) is 0 Å². The smallest absolute Gasteiger partial charge is 0.254 e. The van der Waals surface area contributed by atoms with E-state index in [1.54, 1.807) is 24.3 Å². The van der Waals surface area contributed by atoms with E-state index in [4.69, 9.17) is 0 Å². The molecule has 0 spiro atoms. The van der Waals surface area contributed by atoms with Crippen LogP contribution in [0.2, 0.25) is 0 Å². The first-order valence-electron chi connectivity index (χ1n) is 6.82. The van der Waals surface area contributed by atoms with Crippen LogP contribution >= 0.6 is 0 Å². The fraction of sp³-hybridized carbons (Fsp3) is 0.533. The Labute approximate surface area is 108 Å². The van der Waals surface area contributed by atoms with Gasteiger partial charge >= 0.3 is 0 Å². The van der Waals surface area contributed by atoms with E-state index in [-0.39, 0.29) is 11.7 Å². The van der Waals surface area contributed by atoms with Gasteiger partial charge < -0.3 is 10.0 Å². The SMILES string of the molecule is CCC1CCCCCN1C(=O)c1cccc(O)c1. The molecule has 1 aromatic carbocycles. The van der Waals surface area contributed by atoms with Gasteiger partial charge in [-0.25, -0.2) is 0 Å². The molecule has 0 radical (unpaired) electrons. The lowest BCUT2D eigenvalue weighted by molar-refractivity contribution is 0.0678. The summed E-state index contributed by atoms with van der Waals surface area (Å²) in [5.41, 5.74) is 0.593. The van der Waals surface area contributed by atoms with E-state index in [9.17, 15) is 9.90 Å². The van der Waals surface area contributed by atoms with Crippen LogP contribution in [0.15, 0.2) is 24.3 Å². The molecule has 1 heterocycles. The van der Waals surface area contributed by atoms with Crippen molar-refractivity contribution in [2.24, 2.45) is 0 Å². The quantitative estimate of drug-likeness (QED) is 0.872. The van der Waals surface area contributed by atoms with Crippen molar-refractivity contribution >= 4 is 5.91 Å². The summed E-state index contributed by atoms with van der Waals surface area (Å²) in [5.74, 6) is 0.211. The minimum absolute atomic E-state index is 0.0552. The van der Waals surface area contributed by atoms with Gasteiger partial charge in [0.15, 0.2) is 0 Å². The van der Waals surface area contributed by atoms with Crippen molar-refractivity contribution in [3.05, 3.63) is 29.8 Å². The van der Waals surface area contributed by atoms with Crippen molar-refractivity contribution < 1.29 is 9.90 Å². The Hall–Kier alpha value is -1.51. The zero-order valence-corrected chi connectivity index (χ0v) is 10.9. The molecule has 1 N–H and O–H groups in total. The number of aromatic hydroxyl groups is 1. The Balaban J connectivity index is 2.19. The van der Waals surface area contributed by atoms with Crippen LogP contribution in [-0.2, 0) is 0 Å². The lowest BCUT2D eigenvalue weighted by Gasteiger charge is -2.29. The summed E-state index contributed by atoms with van der Waals surface area (Å²) in [7, 11) is 0. The highest BCUT2D eigenvalue weighted by Gasteiger charge is 2.24. The maximum Gasteiger partial charge on any atom is 0.254 e. The maximum absolute atomic E-state index is 12.5. The fourth-order valence-electron chi connectivity index (χ4n) is 2.67. The summed E-state index contributed by atoms with van der Waals surface area (Å²) >= 11 is 0. The van der Waals surface area contributed by atoms with Gasteiger partial charge in [-0.1, -0.05) is 25.8 Å². The Morgan fingerprint density at radius 1 is 1.39 bits per heavy atom. The zero-order valence-electron chi connectivity index (χ0n) is 10.9. The Kier molecular flexibility index (Phi) is 4.24. The number of amides is 1. The molecule has 0 aliphatic carbocycles. The average molecular weight is 247 g/mol. The summed E-state index contributed by atoms with van der Waals surface area (Å²) in [6.45, 7) is 2.98. The molecule has 2 rings (SSSR count). The zero-order chi connectivity index (χ0) is 13.0. The van der Waals surface area contributed by atoms with Crippen LogP contribution in [0.1, 0.15) is 49.4 Å². The molecular formula is C15H21NO2. The number of carbonyl (C=O) groups excluding carboxylic acids is 1. The Bertz CT molecular complexity index is 417. The number of benzene rings is 1. The lowest BCUT2D eigenvalue weighted by atomic mass is 10.1. The molecule has 3 nitrogen and oxygen atoms in total. The largest absolute Gasteiger partial charge is 0.508 e. The van der Waals surface area contributed by atoms with Gasteiger partial charge in [-0.2, -0.15) is 0 Å². The number of carbonyl (C=O) groups is 1. The van der Waals surface area contributed by atoms with Crippen molar-refractivity contribution in [3.8, 4) is 5.75 Å². The summed E-state index contributed by atoms with van der Waals surface area (Å²) in [6.07, 6.45) is 5.61. The molecule has 0 bridgehead atoms. The third kappa shape index (κ3) is 2.84. The first-order chi connectivity index (χ1) is 8.72. The monoisotopic (exact) mass is 247 g/mol. The maximum atomic E-state index is 12.5. The standard InChI is InChI=1S/C15H21NO2/c1-2-13-8-4-3-5-10-16(13)15(18)12-7-6-9-14(17)11-12/h6-7,9,11,13,17H,2-5,8,10H2,1H3. The lowest BCUT2D eigenvalue weighted by Crippen LogP contribution is -2.39. The second-order valence-corrected chi connectivity index (χ2v) is 4.96. The molecule has 98 valence electrons. The van der Waals surface area contributed by atoms with Gasteiger partial charge in [-0.15, -0.1) is 0 Å². The average Bonchev–Trinajstić information content (AvgIpc) is 2.62. The van der Waals surface area contributed by atoms with Crippen LogP contribution in [0.25, 0.3) is 0 Å². The highest BCUT2D eigenvalue weighted by Crippen LogP contribution is 2.22. The molecule has 1 amide bonds. The van der Waals surface area contributed by atoms with Gasteiger partial charge in [0.1, 0.15) is 5.75 Å². The number of nitrogens with zero attached hydrogens (tertiary/aromatic N) is 1. The first kappa shape index (κ1) is 12.9. The van der Waals surface area contributed by atoms with E-state index in [1.807, 2.05) is 4.90 Å². The third-order valence-electron chi connectivity index (χ3n) is 3.70. The molecular weight excluding hydrogens is 226 g/mol. The molecule has 18 heavy (non-hydrogen) atoms. The van der Waals surface area contributed by atoms with E-state index < -0.39 is 0 Å². The molecule has 0 aromatic heterocycles. The van der Waals surface area contributed by atoms with Crippen LogP contribution in [0.3, 0.4) is 0 Å². The van der Waals surface area contributed by atoms with E-state index in [0.29, 0.717) is 11.6 Å². The van der Waals surface area contributed by atoms with Crippen LogP contribution in [0, 0.1) is 0 Å². The highest BCUT2D eigenvalue weighted by molar-refractivity contribution is 5.94. The van der Waals surface area contributed by atoms with Crippen molar-refractivity contribution in [2.45, 2.75) is 45.1 Å². The van der Waals surface area contributed by atoms with E-state index in [0.717, 1.165) is 25.8 Å². The number of hydrogen-bond donors (Lipinski definition) is 1. The van der Waals surface area contributed by atoms with E-state index >= 15 is 0 Å².